The molecule has 3 heteroatoms. The third-order valence-corrected chi connectivity index (χ3v) is 3.74. The standard InChI is InChI=1S/C16H18O2S/c1-11(2)13-4-6-14(7-5-13)16(18-12(3)17)15-8-9-19-10-15/h4-11,16H,1-3H3/t16-/m0/s1. The molecule has 1 aromatic heterocycles. The van der Waals surface area contributed by atoms with Gasteiger partial charge < -0.3 is 4.74 Å². The molecule has 2 nitrogen and oxygen atoms in total. The molecular weight excluding hydrogens is 256 g/mol. The van der Waals surface area contributed by atoms with Crippen molar-refractivity contribution in [1.29, 1.82) is 0 Å². The lowest BCUT2D eigenvalue weighted by Gasteiger charge is -2.17. The zero-order valence-electron chi connectivity index (χ0n) is 11.4. The maximum absolute atomic E-state index is 11.3. The summed E-state index contributed by atoms with van der Waals surface area (Å²) in [6.07, 6.45) is -0.301. The van der Waals surface area contributed by atoms with Gasteiger partial charge in [-0.25, -0.2) is 0 Å². The van der Waals surface area contributed by atoms with Crippen LogP contribution in [0.3, 0.4) is 0 Å². The van der Waals surface area contributed by atoms with E-state index in [1.165, 1.54) is 12.5 Å². The van der Waals surface area contributed by atoms with Crippen LogP contribution in [0, 0.1) is 0 Å². The second-order valence-corrected chi connectivity index (χ2v) is 5.65. The Balaban J connectivity index is 2.30. The van der Waals surface area contributed by atoms with E-state index in [-0.39, 0.29) is 12.1 Å². The summed E-state index contributed by atoms with van der Waals surface area (Å²) in [6.45, 7) is 5.77. The van der Waals surface area contributed by atoms with Gasteiger partial charge in [0.05, 0.1) is 0 Å². The Morgan fingerprint density at radius 2 is 1.68 bits per heavy atom. The average molecular weight is 274 g/mol. The van der Waals surface area contributed by atoms with E-state index in [1.807, 2.05) is 29.0 Å². The monoisotopic (exact) mass is 274 g/mol. The highest BCUT2D eigenvalue weighted by molar-refractivity contribution is 7.08. The van der Waals surface area contributed by atoms with Crippen LogP contribution in [0.15, 0.2) is 41.1 Å². The smallest absolute Gasteiger partial charge is 0.303 e. The molecule has 0 aliphatic heterocycles. The Labute approximate surface area is 118 Å². The highest BCUT2D eigenvalue weighted by Crippen LogP contribution is 2.29. The fraction of sp³-hybridized carbons (Fsp3) is 0.312. The van der Waals surface area contributed by atoms with Gasteiger partial charge in [-0.2, -0.15) is 11.3 Å². The summed E-state index contributed by atoms with van der Waals surface area (Å²) >= 11 is 1.61. The SMILES string of the molecule is CC(=O)O[C@@H](c1ccc(C(C)C)cc1)c1ccsc1. The van der Waals surface area contributed by atoms with Crippen molar-refractivity contribution in [3.63, 3.8) is 0 Å². The van der Waals surface area contributed by atoms with Gasteiger partial charge in [-0.05, 0) is 33.9 Å². The lowest BCUT2D eigenvalue weighted by molar-refractivity contribution is -0.144. The summed E-state index contributed by atoms with van der Waals surface area (Å²) in [5, 5.41) is 4.01. The van der Waals surface area contributed by atoms with Crippen LogP contribution in [0.4, 0.5) is 0 Å². The van der Waals surface area contributed by atoms with Crippen molar-refractivity contribution in [2.45, 2.75) is 32.8 Å². The second-order valence-electron chi connectivity index (χ2n) is 4.87. The highest BCUT2D eigenvalue weighted by Gasteiger charge is 2.17. The number of carbonyl (C=O) groups is 1. The zero-order valence-corrected chi connectivity index (χ0v) is 12.2. The van der Waals surface area contributed by atoms with Gasteiger partial charge in [0.15, 0.2) is 6.10 Å². The largest absolute Gasteiger partial charge is 0.453 e. The van der Waals surface area contributed by atoms with E-state index in [9.17, 15) is 4.79 Å². The van der Waals surface area contributed by atoms with Crippen LogP contribution >= 0.6 is 11.3 Å². The first-order valence-corrected chi connectivity index (χ1v) is 7.31. The molecule has 0 aliphatic rings. The van der Waals surface area contributed by atoms with Crippen LogP contribution in [-0.2, 0) is 9.53 Å². The predicted molar refractivity (Wildman–Crippen MR) is 78.5 cm³/mol. The van der Waals surface area contributed by atoms with Crippen molar-refractivity contribution < 1.29 is 9.53 Å². The van der Waals surface area contributed by atoms with Gasteiger partial charge in [-0.3, -0.25) is 4.79 Å². The number of hydrogen-bond acceptors (Lipinski definition) is 3. The van der Waals surface area contributed by atoms with E-state index in [2.05, 4.69) is 26.0 Å². The van der Waals surface area contributed by atoms with Gasteiger partial charge in [0.1, 0.15) is 0 Å². The van der Waals surface area contributed by atoms with Gasteiger partial charge in [-0.15, -0.1) is 0 Å². The number of rotatable bonds is 4. The molecule has 0 unspecified atom stereocenters. The summed E-state index contributed by atoms with van der Waals surface area (Å²) in [5.41, 5.74) is 3.33. The van der Waals surface area contributed by atoms with Crippen LogP contribution in [0.2, 0.25) is 0 Å². The molecular formula is C16H18O2S. The van der Waals surface area contributed by atoms with E-state index >= 15 is 0 Å². The van der Waals surface area contributed by atoms with Crippen LogP contribution in [0.1, 0.15) is 49.5 Å². The van der Waals surface area contributed by atoms with E-state index in [1.54, 1.807) is 11.3 Å². The van der Waals surface area contributed by atoms with Crippen molar-refractivity contribution in [3.05, 3.63) is 57.8 Å². The van der Waals surface area contributed by atoms with Crippen molar-refractivity contribution in [1.82, 2.24) is 0 Å². The third kappa shape index (κ3) is 3.44. The Kier molecular flexibility index (Phi) is 4.38. The van der Waals surface area contributed by atoms with Crippen LogP contribution in [0.5, 0.6) is 0 Å². The second kappa shape index (κ2) is 6.02. The van der Waals surface area contributed by atoms with Gasteiger partial charge in [0.2, 0.25) is 0 Å². The molecule has 1 aromatic carbocycles. The van der Waals surface area contributed by atoms with Gasteiger partial charge in [-0.1, -0.05) is 38.1 Å². The molecule has 0 fully saturated rings. The molecule has 0 radical (unpaired) electrons. The number of carbonyl (C=O) groups excluding carboxylic acids is 1. The minimum absolute atomic E-state index is 0.260. The molecule has 1 heterocycles. The van der Waals surface area contributed by atoms with Crippen molar-refractivity contribution in [2.75, 3.05) is 0 Å². The first kappa shape index (κ1) is 13.8. The molecule has 0 aliphatic carbocycles. The molecule has 0 saturated heterocycles. The minimum atomic E-state index is -0.301. The van der Waals surface area contributed by atoms with Gasteiger partial charge in [0, 0.05) is 12.5 Å². The molecule has 2 aromatic rings. The maximum Gasteiger partial charge on any atom is 0.303 e. The molecule has 0 bridgehead atoms. The average Bonchev–Trinajstić information content (AvgIpc) is 2.89. The van der Waals surface area contributed by atoms with E-state index in [0.29, 0.717) is 5.92 Å². The highest BCUT2D eigenvalue weighted by atomic mass is 32.1. The molecule has 0 N–H and O–H groups in total. The minimum Gasteiger partial charge on any atom is -0.453 e. The number of esters is 1. The van der Waals surface area contributed by atoms with Crippen LogP contribution < -0.4 is 0 Å². The lowest BCUT2D eigenvalue weighted by atomic mass is 9.98. The Morgan fingerprint density at radius 1 is 1.05 bits per heavy atom. The zero-order chi connectivity index (χ0) is 13.8. The van der Waals surface area contributed by atoms with Crippen LogP contribution in [-0.4, -0.2) is 5.97 Å². The van der Waals surface area contributed by atoms with Crippen LogP contribution in [0.25, 0.3) is 0 Å². The fourth-order valence-corrected chi connectivity index (χ4v) is 2.65. The summed E-state index contributed by atoms with van der Waals surface area (Å²) < 4.78 is 5.45. The molecule has 0 spiro atoms. The van der Waals surface area contributed by atoms with E-state index < -0.39 is 0 Å². The Bertz CT molecular complexity index is 526. The molecule has 0 amide bonds. The number of hydrogen-bond donors (Lipinski definition) is 0. The van der Waals surface area contributed by atoms with Gasteiger partial charge in [0.25, 0.3) is 0 Å². The van der Waals surface area contributed by atoms with Gasteiger partial charge >= 0.3 is 5.97 Å². The van der Waals surface area contributed by atoms with E-state index in [0.717, 1.165) is 11.1 Å². The Hall–Kier alpha value is -1.61. The number of thiophene rings is 1. The fourth-order valence-electron chi connectivity index (χ4n) is 1.97. The molecule has 1 atom stereocenters. The number of ether oxygens (including phenoxy) is 1. The topological polar surface area (TPSA) is 26.3 Å². The van der Waals surface area contributed by atoms with Crippen molar-refractivity contribution >= 4 is 17.3 Å². The summed E-state index contributed by atoms with van der Waals surface area (Å²) in [6, 6.07) is 10.3. The molecule has 19 heavy (non-hydrogen) atoms. The summed E-state index contributed by atoms with van der Waals surface area (Å²) in [7, 11) is 0. The normalized spacial score (nSPS) is 12.4. The maximum atomic E-state index is 11.3. The first-order chi connectivity index (χ1) is 9.08. The van der Waals surface area contributed by atoms with Crippen molar-refractivity contribution in [2.24, 2.45) is 0 Å². The molecule has 100 valence electrons. The van der Waals surface area contributed by atoms with E-state index in [4.69, 9.17) is 4.74 Å². The first-order valence-electron chi connectivity index (χ1n) is 6.37. The molecule has 0 saturated carbocycles. The van der Waals surface area contributed by atoms with Crippen molar-refractivity contribution in [3.8, 4) is 0 Å². The number of benzene rings is 1. The Morgan fingerprint density at radius 3 is 2.16 bits per heavy atom. The quantitative estimate of drug-likeness (QED) is 0.766. The summed E-state index contributed by atoms with van der Waals surface area (Å²) in [5.74, 6) is 0.242. The predicted octanol–water partition coefficient (Wildman–Crippen LogP) is 4.52. The lowest BCUT2D eigenvalue weighted by Crippen LogP contribution is -2.09. The third-order valence-electron chi connectivity index (χ3n) is 3.04. The molecule has 2 rings (SSSR count). The summed E-state index contributed by atoms with van der Waals surface area (Å²) in [4.78, 5) is 11.3.